The van der Waals surface area contributed by atoms with E-state index in [9.17, 15) is 4.79 Å². The summed E-state index contributed by atoms with van der Waals surface area (Å²) in [7, 11) is 0. The first-order valence-corrected chi connectivity index (χ1v) is 7.46. The molecule has 0 aromatic rings. The van der Waals surface area contributed by atoms with Crippen molar-refractivity contribution in [2.75, 3.05) is 19.6 Å². The van der Waals surface area contributed by atoms with Crippen molar-refractivity contribution in [3.8, 4) is 0 Å². The smallest absolute Gasteiger partial charge is 0.233 e. The molecule has 0 radical (unpaired) electrons. The molecule has 20 heavy (non-hydrogen) atoms. The minimum absolute atomic E-state index is 0.0388. The number of hydrogen-bond donors (Lipinski definition) is 3. The Bertz CT molecular complexity index is 353. The van der Waals surface area contributed by atoms with E-state index in [1.54, 1.807) is 6.92 Å². The summed E-state index contributed by atoms with van der Waals surface area (Å²) < 4.78 is 0. The van der Waals surface area contributed by atoms with Crippen LogP contribution in [0.3, 0.4) is 0 Å². The van der Waals surface area contributed by atoms with Gasteiger partial charge < -0.3 is 16.3 Å². The molecule has 0 bridgehead atoms. The van der Waals surface area contributed by atoms with Gasteiger partial charge in [-0.2, -0.15) is 0 Å². The van der Waals surface area contributed by atoms with Crippen LogP contribution in [0.15, 0.2) is 5.16 Å². The minimum Gasteiger partial charge on any atom is -0.409 e. The van der Waals surface area contributed by atoms with Crippen LogP contribution in [-0.4, -0.2) is 47.5 Å². The van der Waals surface area contributed by atoms with Crippen LogP contribution < -0.4 is 11.1 Å². The Morgan fingerprint density at radius 3 is 2.55 bits per heavy atom. The Morgan fingerprint density at radius 2 is 2.05 bits per heavy atom. The summed E-state index contributed by atoms with van der Waals surface area (Å²) in [4.78, 5) is 14.7. The molecule has 1 fully saturated rings. The minimum atomic E-state index is -0.948. The fourth-order valence-corrected chi connectivity index (χ4v) is 2.49. The van der Waals surface area contributed by atoms with Gasteiger partial charge in [0.1, 0.15) is 5.41 Å². The summed E-state index contributed by atoms with van der Waals surface area (Å²) in [6, 6.07) is 0.313. The van der Waals surface area contributed by atoms with Crippen molar-refractivity contribution in [2.45, 2.75) is 52.5 Å². The summed E-state index contributed by atoms with van der Waals surface area (Å²) in [6.07, 6.45) is 4.25. The molecule has 0 aromatic heterocycles. The summed E-state index contributed by atoms with van der Waals surface area (Å²) in [5.41, 5.74) is 4.69. The normalized spacial score (nSPS) is 22.1. The first-order valence-electron chi connectivity index (χ1n) is 7.46. The van der Waals surface area contributed by atoms with Gasteiger partial charge in [-0.05, 0) is 46.2 Å². The number of amides is 1. The quantitative estimate of drug-likeness (QED) is 0.295. The molecule has 0 spiro atoms. The molecule has 0 saturated carbocycles. The average molecular weight is 284 g/mol. The molecule has 4 N–H and O–H groups in total. The zero-order valence-electron chi connectivity index (χ0n) is 12.9. The largest absolute Gasteiger partial charge is 0.409 e. The Kier molecular flexibility index (Phi) is 6.26. The van der Waals surface area contributed by atoms with Crippen LogP contribution in [0.5, 0.6) is 0 Å². The lowest BCUT2D eigenvalue weighted by Crippen LogP contribution is -2.51. The molecule has 6 heteroatoms. The second kappa shape index (κ2) is 7.47. The molecule has 0 aromatic carbocycles. The number of piperidine rings is 1. The highest BCUT2D eigenvalue weighted by Crippen LogP contribution is 2.21. The van der Waals surface area contributed by atoms with Crippen LogP contribution in [0.4, 0.5) is 0 Å². The van der Waals surface area contributed by atoms with Crippen molar-refractivity contribution in [1.29, 1.82) is 0 Å². The Balaban J connectivity index is 2.52. The van der Waals surface area contributed by atoms with Gasteiger partial charge in [-0.15, -0.1) is 0 Å². The van der Waals surface area contributed by atoms with Gasteiger partial charge in [0.25, 0.3) is 0 Å². The first-order chi connectivity index (χ1) is 9.45. The topological polar surface area (TPSA) is 91.0 Å². The number of hydrogen-bond acceptors (Lipinski definition) is 4. The number of nitrogens with two attached hydrogens (primary N) is 1. The van der Waals surface area contributed by atoms with E-state index in [0.29, 0.717) is 19.0 Å². The maximum Gasteiger partial charge on any atom is 0.233 e. The first kappa shape index (κ1) is 16.8. The maximum absolute atomic E-state index is 12.3. The molecule has 1 rings (SSSR count). The average Bonchev–Trinajstić information content (AvgIpc) is 2.51. The van der Waals surface area contributed by atoms with E-state index in [2.05, 4.69) is 22.3 Å². The fraction of sp³-hybridized carbons (Fsp3) is 0.857. The third kappa shape index (κ3) is 3.85. The lowest BCUT2D eigenvalue weighted by molar-refractivity contribution is -0.127. The van der Waals surface area contributed by atoms with Crippen LogP contribution in [0.25, 0.3) is 0 Å². The Hall–Kier alpha value is -1.30. The molecule has 1 aliphatic heterocycles. The Labute approximate surface area is 121 Å². The van der Waals surface area contributed by atoms with Crippen LogP contribution in [-0.2, 0) is 4.79 Å². The number of nitrogens with zero attached hydrogens (tertiary/aromatic N) is 2. The second-order valence-corrected chi connectivity index (χ2v) is 5.83. The van der Waals surface area contributed by atoms with Gasteiger partial charge in [-0.25, -0.2) is 0 Å². The summed E-state index contributed by atoms with van der Waals surface area (Å²) in [5.74, 6) is -0.220. The zero-order chi connectivity index (χ0) is 15.2. The molecule has 1 heterocycles. The molecule has 1 amide bonds. The molecule has 1 saturated heterocycles. The van der Waals surface area contributed by atoms with Crippen molar-refractivity contribution in [3.63, 3.8) is 0 Å². The predicted molar refractivity (Wildman–Crippen MR) is 79.7 cm³/mol. The van der Waals surface area contributed by atoms with Crippen LogP contribution in [0.1, 0.15) is 46.5 Å². The van der Waals surface area contributed by atoms with Crippen LogP contribution in [0, 0.1) is 5.41 Å². The van der Waals surface area contributed by atoms with Crippen molar-refractivity contribution in [3.05, 3.63) is 0 Å². The summed E-state index contributed by atoms with van der Waals surface area (Å²) in [6.45, 7) is 8.46. The van der Waals surface area contributed by atoms with Crippen molar-refractivity contribution in [2.24, 2.45) is 16.3 Å². The highest BCUT2D eigenvalue weighted by molar-refractivity contribution is 6.06. The number of carbonyl (C=O) groups excluding carboxylic acids is 1. The standard InChI is InChI=1S/C14H28N4O2/c1-4-14(3,12(15)17-20)13(19)16-10-11(2)18-8-6-5-7-9-18/h11,20H,4-10H2,1-3H3,(H2,15,17)(H,16,19). The predicted octanol–water partition coefficient (Wildman–Crippen LogP) is 1.14. The lowest BCUT2D eigenvalue weighted by atomic mass is 9.85. The van der Waals surface area contributed by atoms with Gasteiger partial charge in [-0.3, -0.25) is 9.69 Å². The molecule has 2 atom stereocenters. The van der Waals surface area contributed by atoms with Gasteiger partial charge >= 0.3 is 0 Å². The van der Waals surface area contributed by atoms with E-state index in [1.165, 1.54) is 19.3 Å². The third-order valence-corrected chi connectivity index (χ3v) is 4.45. The van der Waals surface area contributed by atoms with E-state index >= 15 is 0 Å². The van der Waals surface area contributed by atoms with Crippen molar-refractivity contribution < 1.29 is 10.0 Å². The van der Waals surface area contributed by atoms with E-state index in [-0.39, 0.29) is 11.7 Å². The van der Waals surface area contributed by atoms with Gasteiger partial charge in [0.2, 0.25) is 5.91 Å². The number of nitrogens with one attached hydrogen (secondary N) is 1. The molecular weight excluding hydrogens is 256 g/mol. The van der Waals surface area contributed by atoms with E-state index < -0.39 is 5.41 Å². The SMILES string of the molecule is CCC(C)(C(=O)NCC(C)N1CCCCC1)C(N)=NO. The molecule has 0 aliphatic carbocycles. The highest BCUT2D eigenvalue weighted by Gasteiger charge is 2.36. The second-order valence-electron chi connectivity index (χ2n) is 5.83. The molecule has 116 valence electrons. The number of rotatable bonds is 6. The summed E-state index contributed by atoms with van der Waals surface area (Å²) >= 11 is 0. The van der Waals surface area contributed by atoms with Gasteiger partial charge in [0.15, 0.2) is 5.84 Å². The fourth-order valence-electron chi connectivity index (χ4n) is 2.49. The number of amidine groups is 1. The highest BCUT2D eigenvalue weighted by atomic mass is 16.4. The van der Waals surface area contributed by atoms with Crippen LogP contribution >= 0.6 is 0 Å². The number of carbonyl (C=O) groups is 1. The van der Waals surface area contributed by atoms with E-state index in [1.807, 2.05) is 6.92 Å². The number of likely N-dealkylation sites (tertiary alicyclic amines) is 1. The monoisotopic (exact) mass is 284 g/mol. The van der Waals surface area contributed by atoms with E-state index in [0.717, 1.165) is 13.1 Å². The third-order valence-electron chi connectivity index (χ3n) is 4.45. The van der Waals surface area contributed by atoms with Gasteiger partial charge in [0, 0.05) is 12.6 Å². The van der Waals surface area contributed by atoms with Gasteiger partial charge in [-0.1, -0.05) is 18.5 Å². The number of oxime groups is 1. The van der Waals surface area contributed by atoms with Crippen LogP contribution in [0.2, 0.25) is 0 Å². The summed E-state index contributed by atoms with van der Waals surface area (Å²) in [5, 5.41) is 14.7. The zero-order valence-corrected chi connectivity index (χ0v) is 12.9. The molecule has 2 unspecified atom stereocenters. The maximum atomic E-state index is 12.3. The van der Waals surface area contributed by atoms with Crippen molar-refractivity contribution >= 4 is 11.7 Å². The lowest BCUT2D eigenvalue weighted by Gasteiger charge is -2.33. The van der Waals surface area contributed by atoms with Crippen molar-refractivity contribution in [1.82, 2.24) is 10.2 Å². The Morgan fingerprint density at radius 1 is 1.45 bits per heavy atom. The molecule has 1 aliphatic rings. The van der Waals surface area contributed by atoms with E-state index in [4.69, 9.17) is 10.9 Å². The molecule has 6 nitrogen and oxygen atoms in total. The molecular formula is C14H28N4O2. The van der Waals surface area contributed by atoms with Gasteiger partial charge in [0.05, 0.1) is 0 Å².